The van der Waals surface area contributed by atoms with Gasteiger partial charge in [-0.3, -0.25) is 0 Å². The van der Waals surface area contributed by atoms with Gasteiger partial charge in [-0.05, 0) is 32.2 Å². The number of halogens is 4. The van der Waals surface area contributed by atoms with Crippen LogP contribution in [-0.4, -0.2) is 19.8 Å². The van der Waals surface area contributed by atoms with Gasteiger partial charge < -0.3 is 10.1 Å². The van der Waals surface area contributed by atoms with E-state index < -0.39 is 25.0 Å². The second kappa shape index (κ2) is 6.04. The zero-order chi connectivity index (χ0) is 13.8. The number of rotatable bonds is 5. The van der Waals surface area contributed by atoms with E-state index in [1.54, 1.807) is 14.0 Å². The number of ether oxygens (including phenoxy) is 1. The van der Waals surface area contributed by atoms with Crippen LogP contribution in [0.25, 0.3) is 0 Å². The van der Waals surface area contributed by atoms with Crippen LogP contribution in [0.3, 0.4) is 0 Å². The fraction of sp³-hybridized carbons (Fsp3) is 0.500. The Bertz CT molecular complexity index is 392. The van der Waals surface area contributed by atoms with E-state index in [0.717, 1.165) is 6.07 Å². The van der Waals surface area contributed by atoms with Crippen LogP contribution in [0.4, 0.5) is 17.6 Å². The van der Waals surface area contributed by atoms with Crippen LogP contribution in [0.1, 0.15) is 24.9 Å². The lowest BCUT2D eigenvalue weighted by Crippen LogP contribution is -2.16. The molecule has 2 nitrogen and oxygen atoms in total. The summed E-state index contributed by atoms with van der Waals surface area (Å²) in [6.45, 7) is 1.30. The van der Waals surface area contributed by atoms with Gasteiger partial charge in [-0.25, -0.2) is 4.39 Å². The molecule has 18 heavy (non-hydrogen) atoms. The van der Waals surface area contributed by atoms with E-state index in [1.165, 1.54) is 12.1 Å². The SMILES string of the molecule is CNC(C)c1cc(F)ccc1OCCC(F)(F)F. The summed E-state index contributed by atoms with van der Waals surface area (Å²) in [7, 11) is 1.68. The van der Waals surface area contributed by atoms with E-state index in [0.29, 0.717) is 5.56 Å². The summed E-state index contributed by atoms with van der Waals surface area (Å²) in [5, 5.41) is 2.89. The van der Waals surface area contributed by atoms with Crippen molar-refractivity contribution in [2.45, 2.75) is 25.6 Å². The Hall–Kier alpha value is -1.30. The van der Waals surface area contributed by atoms with Crippen molar-refractivity contribution in [2.75, 3.05) is 13.7 Å². The highest BCUT2D eigenvalue weighted by Gasteiger charge is 2.27. The molecule has 0 fully saturated rings. The minimum absolute atomic E-state index is 0.207. The first-order chi connectivity index (χ1) is 8.33. The molecule has 0 saturated carbocycles. The van der Waals surface area contributed by atoms with Crippen molar-refractivity contribution in [1.82, 2.24) is 5.32 Å². The monoisotopic (exact) mass is 265 g/mol. The minimum atomic E-state index is -4.26. The van der Waals surface area contributed by atoms with Gasteiger partial charge in [-0.15, -0.1) is 0 Å². The first-order valence-corrected chi connectivity index (χ1v) is 5.50. The molecule has 0 heterocycles. The summed E-state index contributed by atoms with van der Waals surface area (Å²) in [6, 6.07) is 3.55. The van der Waals surface area contributed by atoms with Crippen molar-refractivity contribution >= 4 is 0 Å². The van der Waals surface area contributed by atoms with E-state index in [9.17, 15) is 17.6 Å². The van der Waals surface area contributed by atoms with Crippen LogP contribution in [0, 0.1) is 5.82 Å². The van der Waals surface area contributed by atoms with Gasteiger partial charge in [0.05, 0.1) is 13.0 Å². The molecule has 1 N–H and O–H groups in total. The Morgan fingerprint density at radius 3 is 2.56 bits per heavy atom. The largest absolute Gasteiger partial charge is 0.493 e. The molecule has 1 aromatic carbocycles. The van der Waals surface area contributed by atoms with Gasteiger partial charge in [0.1, 0.15) is 11.6 Å². The summed E-state index contributed by atoms with van der Waals surface area (Å²) >= 11 is 0. The zero-order valence-electron chi connectivity index (χ0n) is 10.1. The molecule has 0 amide bonds. The molecule has 0 bridgehead atoms. The number of nitrogens with one attached hydrogen (secondary N) is 1. The van der Waals surface area contributed by atoms with Crippen molar-refractivity contribution in [2.24, 2.45) is 0 Å². The van der Waals surface area contributed by atoms with Gasteiger partial charge in [0.2, 0.25) is 0 Å². The highest BCUT2D eigenvalue weighted by molar-refractivity contribution is 5.36. The van der Waals surface area contributed by atoms with Crippen molar-refractivity contribution in [3.8, 4) is 5.75 Å². The van der Waals surface area contributed by atoms with Crippen LogP contribution in [0.15, 0.2) is 18.2 Å². The van der Waals surface area contributed by atoms with Crippen molar-refractivity contribution < 1.29 is 22.3 Å². The molecule has 1 rings (SSSR count). The fourth-order valence-corrected chi connectivity index (χ4v) is 1.42. The quantitative estimate of drug-likeness (QED) is 0.823. The molecule has 1 atom stereocenters. The molecule has 0 aliphatic carbocycles. The van der Waals surface area contributed by atoms with E-state index in [4.69, 9.17) is 4.74 Å². The third-order valence-electron chi connectivity index (χ3n) is 2.51. The van der Waals surface area contributed by atoms with Gasteiger partial charge in [0.15, 0.2) is 0 Å². The van der Waals surface area contributed by atoms with Crippen LogP contribution in [-0.2, 0) is 0 Å². The number of hydrogen-bond donors (Lipinski definition) is 1. The Balaban J connectivity index is 2.75. The molecule has 0 radical (unpaired) electrons. The highest BCUT2D eigenvalue weighted by Crippen LogP contribution is 2.27. The summed E-state index contributed by atoms with van der Waals surface area (Å²) in [6.07, 6.45) is -5.29. The Kier molecular flexibility index (Phi) is 4.95. The summed E-state index contributed by atoms with van der Waals surface area (Å²) in [4.78, 5) is 0. The average molecular weight is 265 g/mol. The topological polar surface area (TPSA) is 21.3 Å². The highest BCUT2D eigenvalue weighted by atomic mass is 19.4. The van der Waals surface area contributed by atoms with Gasteiger partial charge >= 0.3 is 6.18 Å². The second-order valence-electron chi connectivity index (χ2n) is 3.91. The van der Waals surface area contributed by atoms with Gasteiger partial charge in [0.25, 0.3) is 0 Å². The van der Waals surface area contributed by atoms with Crippen LogP contribution < -0.4 is 10.1 Å². The number of hydrogen-bond acceptors (Lipinski definition) is 2. The first kappa shape index (κ1) is 14.8. The van der Waals surface area contributed by atoms with Gasteiger partial charge in [-0.1, -0.05) is 0 Å². The van der Waals surface area contributed by atoms with Gasteiger partial charge in [0, 0.05) is 11.6 Å². The van der Waals surface area contributed by atoms with Crippen LogP contribution in [0.5, 0.6) is 5.75 Å². The first-order valence-electron chi connectivity index (χ1n) is 5.50. The van der Waals surface area contributed by atoms with Crippen LogP contribution >= 0.6 is 0 Å². The Labute approximate surface area is 103 Å². The minimum Gasteiger partial charge on any atom is -0.493 e. The Morgan fingerprint density at radius 2 is 2.00 bits per heavy atom. The molecule has 102 valence electrons. The molecular formula is C12H15F4NO. The smallest absolute Gasteiger partial charge is 0.392 e. The summed E-state index contributed by atoms with van der Waals surface area (Å²) in [5.41, 5.74) is 0.500. The van der Waals surface area contributed by atoms with Gasteiger partial charge in [-0.2, -0.15) is 13.2 Å². The maximum absolute atomic E-state index is 13.1. The van der Waals surface area contributed by atoms with Crippen LogP contribution in [0.2, 0.25) is 0 Å². The molecule has 0 aromatic heterocycles. The maximum Gasteiger partial charge on any atom is 0.392 e. The zero-order valence-corrected chi connectivity index (χ0v) is 10.1. The lowest BCUT2D eigenvalue weighted by molar-refractivity contribution is -0.139. The molecule has 6 heteroatoms. The molecular weight excluding hydrogens is 250 g/mol. The van der Waals surface area contributed by atoms with E-state index in [1.807, 2.05) is 0 Å². The standard InChI is InChI=1S/C12H15F4NO/c1-8(17-2)10-7-9(13)3-4-11(10)18-6-5-12(14,15)16/h3-4,7-8,17H,5-6H2,1-2H3. The summed E-state index contributed by atoms with van der Waals surface area (Å²) < 4.78 is 54.1. The predicted octanol–water partition coefficient (Wildman–Crippen LogP) is 3.44. The third kappa shape index (κ3) is 4.52. The lowest BCUT2D eigenvalue weighted by Gasteiger charge is -2.17. The second-order valence-corrected chi connectivity index (χ2v) is 3.91. The lowest BCUT2D eigenvalue weighted by atomic mass is 10.1. The van der Waals surface area contributed by atoms with Crippen molar-refractivity contribution in [1.29, 1.82) is 0 Å². The molecule has 0 spiro atoms. The third-order valence-corrected chi connectivity index (χ3v) is 2.51. The predicted molar refractivity (Wildman–Crippen MR) is 60.0 cm³/mol. The van der Waals surface area contributed by atoms with E-state index in [2.05, 4.69) is 5.32 Å². The fourth-order valence-electron chi connectivity index (χ4n) is 1.42. The van der Waals surface area contributed by atoms with Crippen molar-refractivity contribution in [3.05, 3.63) is 29.6 Å². The Morgan fingerprint density at radius 1 is 1.33 bits per heavy atom. The number of benzene rings is 1. The normalized spacial score (nSPS) is 13.4. The number of alkyl halides is 3. The van der Waals surface area contributed by atoms with E-state index in [-0.39, 0.29) is 11.8 Å². The summed E-state index contributed by atoms with van der Waals surface area (Å²) in [5.74, 6) is -0.183. The average Bonchev–Trinajstić information content (AvgIpc) is 2.28. The maximum atomic E-state index is 13.1. The van der Waals surface area contributed by atoms with E-state index >= 15 is 0 Å². The van der Waals surface area contributed by atoms with Crippen molar-refractivity contribution in [3.63, 3.8) is 0 Å². The molecule has 0 aliphatic rings. The molecule has 0 saturated heterocycles. The molecule has 0 aliphatic heterocycles. The molecule has 1 unspecified atom stereocenters. The molecule has 1 aromatic rings.